The Bertz CT molecular complexity index is 442. The Morgan fingerprint density at radius 3 is 2.85 bits per heavy atom. The van der Waals surface area contributed by atoms with E-state index in [1.165, 1.54) is 0 Å². The molecule has 1 heterocycles. The van der Waals surface area contributed by atoms with Crippen molar-refractivity contribution in [3.63, 3.8) is 0 Å². The van der Waals surface area contributed by atoms with E-state index in [9.17, 15) is 10.2 Å². The van der Waals surface area contributed by atoms with Gasteiger partial charge in [0.1, 0.15) is 5.75 Å². The Balaban J connectivity index is 2.05. The molecule has 1 aromatic rings. The summed E-state index contributed by atoms with van der Waals surface area (Å²) in [6.07, 6.45) is 1.49. The zero-order valence-electron chi connectivity index (χ0n) is 12.5. The van der Waals surface area contributed by atoms with Gasteiger partial charge in [-0.3, -0.25) is 4.90 Å². The first-order chi connectivity index (χ1) is 9.41. The highest BCUT2D eigenvalue weighted by Crippen LogP contribution is 2.29. The molecular weight excluding hydrogens is 254 g/mol. The summed E-state index contributed by atoms with van der Waals surface area (Å²) < 4.78 is 5.19. The van der Waals surface area contributed by atoms with Crippen molar-refractivity contribution in [2.24, 2.45) is 0 Å². The number of likely N-dealkylation sites (tertiary alicyclic amines) is 1. The second-order valence-corrected chi connectivity index (χ2v) is 6.10. The smallest absolute Gasteiger partial charge is 0.119 e. The van der Waals surface area contributed by atoms with E-state index in [1.807, 2.05) is 38.1 Å². The van der Waals surface area contributed by atoms with Gasteiger partial charge in [-0.1, -0.05) is 12.1 Å². The maximum atomic E-state index is 10.4. The molecule has 2 atom stereocenters. The van der Waals surface area contributed by atoms with Gasteiger partial charge in [0.05, 0.1) is 18.8 Å². The Hall–Kier alpha value is -1.10. The van der Waals surface area contributed by atoms with Crippen LogP contribution in [0.2, 0.25) is 0 Å². The largest absolute Gasteiger partial charge is 0.497 e. The highest BCUT2D eigenvalue weighted by atomic mass is 16.5. The molecule has 0 aliphatic carbocycles. The number of aliphatic hydroxyl groups is 2. The lowest BCUT2D eigenvalue weighted by Crippen LogP contribution is -2.46. The molecule has 2 unspecified atom stereocenters. The molecule has 0 spiro atoms. The van der Waals surface area contributed by atoms with Gasteiger partial charge >= 0.3 is 0 Å². The molecule has 1 fully saturated rings. The van der Waals surface area contributed by atoms with Crippen LogP contribution in [0.4, 0.5) is 0 Å². The molecule has 0 bridgehead atoms. The molecule has 1 aliphatic heterocycles. The zero-order valence-corrected chi connectivity index (χ0v) is 12.5. The molecule has 20 heavy (non-hydrogen) atoms. The van der Waals surface area contributed by atoms with Gasteiger partial charge in [-0.05, 0) is 50.9 Å². The molecule has 0 amide bonds. The molecule has 1 aromatic carbocycles. The van der Waals surface area contributed by atoms with E-state index < -0.39 is 11.7 Å². The average molecular weight is 279 g/mol. The van der Waals surface area contributed by atoms with E-state index in [2.05, 4.69) is 4.90 Å². The summed E-state index contributed by atoms with van der Waals surface area (Å²) >= 11 is 0. The molecule has 4 heteroatoms. The molecular formula is C16H25NO3. The predicted octanol–water partition coefficient (Wildman–Crippen LogP) is 1.96. The van der Waals surface area contributed by atoms with Crippen LogP contribution in [0.5, 0.6) is 5.75 Å². The van der Waals surface area contributed by atoms with Crippen molar-refractivity contribution in [2.45, 2.75) is 44.4 Å². The van der Waals surface area contributed by atoms with Crippen LogP contribution in [0.25, 0.3) is 0 Å². The van der Waals surface area contributed by atoms with Gasteiger partial charge in [-0.15, -0.1) is 0 Å². The summed E-state index contributed by atoms with van der Waals surface area (Å²) in [5.74, 6) is 0.752. The monoisotopic (exact) mass is 279 g/mol. The van der Waals surface area contributed by atoms with Gasteiger partial charge in [0.25, 0.3) is 0 Å². The van der Waals surface area contributed by atoms with Crippen LogP contribution in [-0.4, -0.2) is 47.0 Å². The number of methoxy groups -OCH3 is 1. The zero-order chi connectivity index (χ0) is 14.8. The van der Waals surface area contributed by atoms with Crippen LogP contribution in [0.15, 0.2) is 24.3 Å². The molecule has 2 rings (SSSR count). The molecule has 1 saturated heterocycles. The van der Waals surface area contributed by atoms with E-state index in [-0.39, 0.29) is 6.04 Å². The lowest BCUT2D eigenvalue weighted by molar-refractivity contribution is -0.0161. The van der Waals surface area contributed by atoms with Crippen LogP contribution in [-0.2, 0) is 0 Å². The number of nitrogens with zero attached hydrogens (tertiary/aromatic N) is 1. The third-order valence-electron chi connectivity index (χ3n) is 4.07. The molecule has 1 aliphatic rings. The Labute approximate surface area is 121 Å². The Morgan fingerprint density at radius 1 is 1.45 bits per heavy atom. The van der Waals surface area contributed by atoms with Crippen molar-refractivity contribution < 1.29 is 14.9 Å². The second kappa shape index (κ2) is 6.12. The summed E-state index contributed by atoms with van der Waals surface area (Å²) in [7, 11) is 1.62. The first kappa shape index (κ1) is 15.3. The molecule has 2 N–H and O–H groups in total. The molecule has 0 aromatic heterocycles. The first-order valence-corrected chi connectivity index (χ1v) is 7.20. The number of hydrogen-bond donors (Lipinski definition) is 2. The topological polar surface area (TPSA) is 52.9 Å². The fourth-order valence-corrected chi connectivity index (χ4v) is 3.02. The normalized spacial score (nSPS) is 21.9. The van der Waals surface area contributed by atoms with Crippen LogP contribution in [0, 0.1) is 0 Å². The minimum atomic E-state index is -0.732. The van der Waals surface area contributed by atoms with E-state index in [0.717, 1.165) is 30.7 Å². The SMILES string of the molecule is COc1cccc(C(O)CN2CCCC2C(C)(C)O)c1. The summed E-state index contributed by atoms with van der Waals surface area (Å²) in [6, 6.07) is 7.63. The van der Waals surface area contributed by atoms with Crippen LogP contribution in [0.1, 0.15) is 38.4 Å². The summed E-state index contributed by atoms with van der Waals surface area (Å²) in [5.41, 5.74) is 0.121. The van der Waals surface area contributed by atoms with E-state index in [0.29, 0.717) is 6.54 Å². The number of β-amino-alcohol motifs (C(OH)–C–C–N with tert-alkyl or cyclic N) is 1. The van der Waals surface area contributed by atoms with Gasteiger partial charge in [0.2, 0.25) is 0 Å². The quantitative estimate of drug-likeness (QED) is 0.865. The van der Waals surface area contributed by atoms with Crippen molar-refractivity contribution in [1.82, 2.24) is 4.90 Å². The highest BCUT2D eigenvalue weighted by molar-refractivity contribution is 5.30. The van der Waals surface area contributed by atoms with Gasteiger partial charge in [0, 0.05) is 12.6 Å². The molecule has 0 saturated carbocycles. The summed E-state index contributed by atoms with van der Waals surface area (Å²) in [4.78, 5) is 2.18. The van der Waals surface area contributed by atoms with Gasteiger partial charge in [-0.25, -0.2) is 0 Å². The highest BCUT2D eigenvalue weighted by Gasteiger charge is 2.36. The Morgan fingerprint density at radius 2 is 2.20 bits per heavy atom. The van der Waals surface area contributed by atoms with Crippen molar-refractivity contribution in [3.8, 4) is 5.75 Å². The van der Waals surface area contributed by atoms with Gasteiger partial charge < -0.3 is 14.9 Å². The predicted molar refractivity (Wildman–Crippen MR) is 78.8 cm³/mol. The van der Waals surface area contributed by atoms with Gasteiger partial charge in [-0.2, -0.15) is 0 Å². The minimum absolute atomic E-state index is 0.114. The number of aliphatic hydroxyl groups excluding tert-OH is 1. The maximum Gasteiger partial charge on any atom is 0.119 e. The third kappa shape index (κ3) is 3.51. The van der Waals surface area contributed by atoms with Crippen LogP contribution < -0.4 is 4.74 Å². The fraction of sp³-hybridized carbons (Fsp3) is 0.625. The van der Waals surface area contributed by atoms with Gasteiger partial charge in [0.15, 0.2) is 0 Å². The maximum absolute atomic E-state index is 10.4. The number of hydrogen-bond acceptors (Lipinski definition) is 4. The first-order valence-electron chi connectivity index (χ1n) is 7.20. The van der Waals surface area contributed by atoms with E-state index in [4.69, 9.17) is 4.74 Å². The average Bonchev–Trinajstić information content (AvgIpc) is 2.87. The number of benzene rings is 1. The van der Waals surface area contributed by atoms with E-state index >= 15 is 0 Å². The summed E-state index contributed by atoms with van der Waals surface area (Å²) in [6.45, 7) is 5.15. The lowest BCUT2D eigenvalue weighted by Gasteiger charge is -2.35. The molecule has 0 radical (unpaired) electrons. The van der Waals surface area contributed by atoms with Crippen LogP contribution >= 0.6 is 0 Å². The van der Waals surface area contributed by atoms with Crippen molar-refractivity contribution in [1.29, 1.82) is 0 Å². The lowest BCUT2D eigenvalue weighted by atomic mass is 9.96. The third-order valence-corrected chi connectivity index (χ3v) is 4.07. The summed E-state index contributed by atoms with van der Waals surface area (Å²) in [5, 5.41) is 20.6. The van der Waals surface area contributed by atoms with Crippen molar-refractivity contribution in [2.75, 3.05) is 20.2 Å². The standard InChI is InChI=1S/C16H25NO3/c1-16(2,19)15-8-5-9-17(15)11-14(18)12-6-4-7-13(10-12)20-3/h4,6-7,10,14-15,18-19H,5,8-9,11H2,1-3H3. The fourth-order valence-electron chi connectivity index (χ4n) is 3.02. The van der Waals surface area contributed by atoms with Crippen molar-refractivity contribution >= 4 is 0 Å². The second-order valence-electron chi connectivity index (χ2n) is 6.10. The van der Waals surface area contributed by atoms with Crippen LogP contribution in [0.3, 0.4) is 0 Å². The Kier molecular flexibility index (Phi) is 4.68. The van der Waals surface area contributed by atoms with E-state index in [1.54, 1.807) is 7.11 Å². The minimum Gasteiger partial charge on any atom is -0.497 e. The van der Waals surface area contributed by atoms with Crippen molar-refractivity contribution in [3.05, 3.63) is 29.8 Å². The molecule has 112 valence electrons. The number of rotatable bonds is 5. The molecule has 4 nitrogen and oxygen atoms in total. The number of ether oxygens (including phenoxy) is 1.